The highest BCUT2D eigenvalue weighted by Gasteiger charge is 2.14. The molecule has 4 aromatic rings. The van der Waals surface area contributed by atoms with Crippen molar-refractivity contribution in [2.24, 2.45) is 0 Å². The molecule has 6 nitrogen and oxygen atoms in total. The van der Waals surface area contributed by atoms with Gasteiger partial charge in [-0.15, -0.1) is 5.10 Å². The van der Waals surface area contributed by atoms with E-state index < -0.39 is 0 Å². The molecule has 29 heavy (non-hydrogen) atoms. The van der Waals surface area contributed by atoms with Crippen molar-refractivity contribution in [2.45, 2.75) is 37.6 Å². The summed E-state index contributed by atoms with van der Waals surface area (Å²) < 4.78 is 7.09. The number of hydrogen-bond acceptors (Lipinski definition) is 6. The predicted molar refractivity (Wildman–Crippen MR) is 115 cm³/mol. The number of aromatic nitrogens is 4. The average Bonchev–Trinajstić information content (AvgIpc) is 3.14. The standard InChI is InChI=1S/C21H19ClN4O2S/c1-12(2)17-10-18-14(9-20(27)28-19(18)8-13(17)3)11-29-21-23-24-25-26(21)16-6-4-15(22)5-7-16/h4-10,12H,11H2,1-3H3. The zero-order valence-corrected chi connectivity index (χ0v) is 17.8. The van der Waals surface area contributed by atoms with Gasteiger partial charge in [0.25, 0.3) is 0 Å². The molecule has 2 aromatic carbocycles. The van der Waals surface area contributed by atoms with Crippen LogP contribution in [0.4, 0.5) is 0 Å². The lowest BCUT2D eigenvalue weighted by atomic mass is 9.95. The van der Waals surface area contributed by atoms with Crippen molar-refractivity contribution in [1.29, 1.82) is 0 Å². The van der Waals surface area contributed by atoms with Gasteiger partial charge >= 0.3 is 5.63 Å². The first kappa shape index (κ1) is 19.7. The van der Waals surface area contributed by atoms with E-state index in [0.717, 1.165) is 22.2 Å². The lowest BCUT2D eigenvalue weighted by Crippen LogP contribution is -2.03. The van der Waals surface area contributed by atoms with E-state index in [4.69, 9.17) is 16.0 Å². The highest BCUT2D eigenvalue weighted by Crippen LogP contribution is 2.30. The van der Waals surface area contributed by atoms with Gasteiger partial charge in [-0.1, -0.05) is 37.2 Å². The Hall–Kier alpha value is -2.64. The molecule has 0 aliphatic carbocycles. The molecule has 0 bridgehead atoms. The summed E-state index contributed by atoms with van der Waals surface area (Å²) in [6, 6.07) is 12.9. The van der Waals surface area contributed by atoms with E-state index in [1.165, 1.54) is 17.3 Å². The number of nitrogens with zero attached hydrogens (tertiary/aromatic N) is 4. The van der Waals surface area contributed by atoms with Crippen LogP contribution in [0.15, 0.2) is 56.8 Å². The first-order chi connectivity index (χ1) is 13.9. The van der Waals surface area contributed by atoms with Crippen LogP contribution in [0.1, 0.15) is 36.5 Å². The Morgan fingerprint density at radius 1 is 1.17 bits per heavy atom. The van der Waals surface area contributed by atoms with Gasteiger partial charge in [-0.05, 0) is 76.4 Å². The molecule has 0 saturated heterocycles. The number of thioether (sulfide) groups is 1. The quantitative estimate of drug-likeness (QED) is 0.324. The number of halogens is 1. The van der Waals surface area contributed by atoms with Crippen molar-refractivity contribution in [2.75, 3.05) is 0 Å². The minimum atomic E-state index is -0.359. The van der Waals surface area contributed by atoms with E-state index in [0.29, 0.717) is 27.4 Å². The molecule has 0 saturated carbocycles. The molecule has 8 heteroatoms. The molecular weight excluding hydrogens is 408 g/mol. The highest BCUT2D eigenvalue weighted by atomic mass is 35.5. The van der Waals surface area contributed by atoms with Crippen molar-refractivity contribution in [3.05, 3.63) is 74.6 Å². The molecule has 0 amide bonds. The largest absolute Gasteiger partial charge is 0.423 e. The third-order valence-corrected chi connectivity index (χ3v) is 5.93. The van der Waals surface area contributed by atoms with Crippen LogP contribution >= 0.6 is 23.4 Å². The Morgan fingerprint density at radius 2 is 1.93 bits per heavy atom. The van der Waals surface area contributed by atoms with Crippen molar-refractivity contribution < 1.29 is 4.42 Å². The van der Waals surface area contributed by atoms with Crippen LogP contribution in [0.2, 0.25) is 5.02 Å². The summed E-state index contributed by atoms with van der Waals surface area (Å²) in [7, 11) is 0. The lowest BCUT2D eigenvalue weighted by Gasteiger charge is -2.13. The molecule has 0 radical (unpaired) electrons. The second-order valence-corrected chi connectivity index (χ2v) is 8.47. The van der Waals surface area contributed by atoms with Crippen LogP contribution < -0.4 is 5.63 Å². The minimum Gasteiger partial charge on any atom is -0.423 e. The second-order valence-electron chi connectivity index (χ2n) is 7.09. The van der Waals surface area contributed by atoms with Gasteiger partial charge in [0.1, 0.15) is 5.58 Å². The zero-order valence-electron chi connectivity index (χ0n) is 16.2. The Balaban J connectivity index is 1.69. The van der Waals surface area contributed by atoms with Gasteiger partial charge in [-0.25, -0.2) is 4.79 Å². The van der Waals surface area contributed by atoms with E-state index in [1.54, 1.807) is 22.9 Å². The predicted octanol–water partition coefficient (Wildman–Crippen LogP) is 5.15. The molecule has 0 aliphatic rings. The Kier molecular flexibility index (Phi) is 5.43. The Labute approximate surface area is 176 Å². The van der Waals surface area contributed by atoms with Gasteiger partial charge in [0.15, 0.2) is 0 Å². The molecular formula is C21H19ClN4O2S. The third kappa shape index (κ3) is 4.06. The van der Waals surface area contributed by atoms with Crippen LogP contribution in [0.25, 0.3) is 16.7 Å². The van der Waals surface area contributed by atoms with E-state index in [9.17, 15) is 4.79 Å². The molecule has 148 valence electrons. The van der Waals surface area contributed by atoms with Gasteiger partial charge in [0, 0.05) is 22.2 Å². The summed E-state index contributed by atoms with van der Waals surface area (Å²) in [6.45, 7) is 6.35. The van der Waals surface area contributed by atoms with Gasteiger partial charge in [0.2, 0.25) is 5.16 Å². The fourth-order valence-electron chi connectivity index (χ4n) is 3.29. The van der Waals surface area contributed by atoms with Crippen molar-refractivity contribution in [1.82, 2.24) is 20.2 Å². The fourth-order valence-corrected chi connectivity index (χ4v) is 4.30. The number of fused-ring (bicyclic) bond motifs is 1. The van der Waals surface area contributed by atoms with Crippen LogP contribution in [-0.4, -0.2) is 20.2 Å². The number of rotatable bonds is 5. The lowest BCUT2D eigenvalue weighted by molar-refractivity contribution is 0.559. The van der Waals surface area contributed by atoms with Crippen molar-refractivity contribution in [3.8, 4) is 5.69 Å². The average molecular weight is 427 g/mol. The van der Waals surface area contributed by atoms with Gasteiger partial charge in [-0.3, -0.25) is 0 Å². The normalized spacial score (nSPS) is 11.5. The Morgan fingerprint density at radius 3 is 2.66 bits per heavy atom. The monoisotopic (exact) mass is 426 g/mol. The summed E-state index contributed by atoms with van der Waals surface area (Å²) in [5, 5.41) is 14.2. The maximum atomic E-state index is 12.1. The first-order valence-electron chi connectivity index (χ1n) is 9.17. The van der Waals surface area contributed by atoms with Crippen LogP contribution in [-0.2, 0) is 5.75 Å². The molecule has 0 atom stereocenters. The summed E-state index contributed by atoms with van der Waals surface area (Å²) >= 11 is 7.43. The second kappa shape index (κ2) is 8.00. The van der Waals surface area contributed by atoms with Gasteiger partial charge < -0.3 is 4.42 Å². The van der Waals surface area contributed by atoms with E-state index >= 15 is 0 Å². The zero-order chi connectivity index (χ0) is 20.5. The maximum absolute atomic E-state index is 12.1. The van der Waals surface area contributed by atoms with Crippen LogP contribution in [0.3, 0.4) is 0 Å². The fraction of sp³-hybridized carbons (Fsp3) is 0.238. The highest BCUT2D eigenvalue weighted by molar-refractivity contribution is 7.98. The molecule has 0 fully saturated rings. The molecule has 4 rings (SSSR count). The Bertz CT molecular complexity index is 1230. The third-order valence-electron chi connectivity index (χ3n) is 4.71. The topological polar surface area (TPSA) is 73.8 Å². The SMILES string of the molecule is Cc1cc2oc(=O)cc(CSc3nnnn3-c3ccc(Cl)cc3)c2cc1C(C)C. The van der Waals surface area contributed by atoms with Crippen LogP contribution in [0, 0.1) is 6.92 Å². The minimum absolute atomic E-state index is 0.359. The summed E-state index contributed by atoms with van der Waals surface area (Å²) in [4.78, 5) is 12.1. The summed E-state index contributed by atoms with van der Waals surface area (Å²) in [5.74, 6) is 0.917. The number of tetrazole rings is 1. The molecule has 0 N–H and O–H groups in total. The molecule has 0 spiro atoms. The van der Waals surface area contributed by atoms with Crippen molar-refractivity contribution >= 4 is 34.3 Å². The first-order valence-corrected chi connectivity index (χ1v) is 10.5. The smallest absolute Gasteiger partial charge is 0.336 e. The van der Waals surface area contributed by atoms with Gasteiger partial charge in [0.05, 0.1) is 5.69 Å². The summed E-state index contributed by atoms with van der Waals surface area (Å²) in [5.41, 5.74) is 4.32. The van der Waals surface area contributed by atoms with Gasteiger partial charge in [-0.2, -0.15) is 4.68 Å². The molecule has 0 aliphatic heterocycles. The summed E-state index contributed by atoms with van der Waals surface area (Å²) in [6.07, 6.45) is 0. The van der Waals surface area contributed by atoms with E-state index in [1.807, 2.05) is 25.1 Å². The van der Waals surface area contributed by atoms with Crippen LogP contribution in [0.5, 0.6) is 0 Å². The number of aryl methyl sites for hydroxylation is 1. The number of benzene rings is 2. The van der Waals surface area contributed by atoms with E-state index in [2.05, 4.69) is 35.4 Å². The number of hydrogen-bond donors (Lipinski definition) is 0. The molecule has 0 unspecified atom stereocenters. The molecule has 2 heterocycles. The van der Waals surface area contributed by atoms with Crippen molar-refractivity contribution in [3.63, 3.8) is 0 Å². The molecule has 2 aromatic heterocycles. The maximum Gasteiger partial charge on any atom is 0.336 e. The van der Waals surface area contributed by atoms with E-state index in [-0.39, 0.29) is 5.63 Å².